The number of carboxylic acids is 1. The van der Waals surface area contributed by atoms with Gasteiger partial charge in [0.25, 0.3) is 0 Å². The highest BCUT2D eigenvalue weighted by molar-refractivity contribution is 5.79. The molecule has 0 aromatic carbocycles. The molecule has 0 unspecified atom stereocenters. The van der Waals surface area contributed by atoms with Gasteiger partial charge in [0.05, 0.1) is 6.10 Å². The second kappa shape index (κ2) is 11.6. The van der Waals surface area contributed by atoms with Gasteiger partial charge in [0.1, 0.15) is 0 Å². The molecule has 3 heteroatoms. The van der Waals surface area contributed by atoms with Crippen LogP contribution in [0.4, 0.5) is 0 Å². The molecular weight excluding hydrogens is 216 g/mol. The van der Waals surface area contributed by atoms with Crippen molar-refractivity contribution in [2.75, 3.05) is 0 Å². The number of aliphatic hydroxyl groups excluding tert-OH is 1. The Hall–Kier alpha value is -0.830. The average molecular weight is 242 g/mol. The summed E-state index contributed by atoms with van der Waals surface area (Å²) in [7, 11) is 0. The zero-order valence-corrected chi connectivity index (χ0v) is 10.9. The minimum absolute atomic E-state index is 0.156. The summed E-state index contributed by atoms with van der Waals surface area (Å²) in [6.07, 6.45) is 12.9. The van der Waals surface area contributed by atoms with E-state index in [1.807, 2.05) is 6.92 Å². The van der Waals surface area contributed by atoms with Crippen LogP contribution >= 0.6 is 0 Å². The van der Waals surface area contributed by atoms with Gasteiger partial charge in [-0.25, -0.2) is 4.79 Å². The van der Waals surface area contributed by atoms with E-state index in [2.05, 4.69) is 0 Å². The number of carbonyl (C=O) groups is 1. The first-order chi connectivity index (χ1) is 8.13. The van der Waals surface area contributed by atoms with Crippen LogP contribution in [0.3, 0.4) is 0 Å². The molecule has 0 radical (unpaired) electrons. The average Bonchev–Trinajstić information content (AvgIpc) is 2.25. The van der Waals surface area contributed by atoms with E-state index in [0.29, 0.717) is 0 Å². The summed E-state index contributed by atoms with van der Waals surface area (Å²) >= 11 is 0. The Morgan fingerprint density at radius 2 is 1.59 bits per heavy atom. The van der Waals surface area contributed by atoms with Gasteiger partial charge in [0, 0.05) is 6.08 Å². The standard InChI is InChI=1S/C14H26O3/c1-13(15)11-9-7-5-3-2-4-6-8-10-12-14(16)17/h10,12-13,15H,2-9,11H2,1H3,(H,16,17)/b12-10+/t13-/m1/s1. The Bertz CT molecular complexity index is 210. The maximum Gasteiger partial charge on any atom is 0.327 e. The first-order valence-electron chi connectivity index (χ1n) is 6.70. The monoisotopic (exact) mass is 242 g/mol. The smallest absolute Gasteiger partial charge is 0.327 e. The molecule has 2 N–H and O–H groups in total. The van der Waals surface area contributed by atoms with E-state index >= 15 is 0 Å². The molecule has 0 aromatic rings. The summed E-state index contributed by atoms with van der Waals surface area (Å²) in [6.45, 7) is 1.84. The zero-order valence-electron chi connectivity index (χ0n) is 10.9. The minimum Gasteiger partial charge on any atom is -0.478 e. The molecule has 0 rings (SSSR count). The Balaban J connectivity index is 3.06. The van der Waals surface area contributed by atoms with Crippen molar-refractivity contribution >= 4 is 5.97 Å². The largest absolute Gasteiger partial charge is 0.478 e. The lowest BCUT2D eigenvalue weighted by Crippen LogP contribution is -1.98. The quantitative estimate of drug-likeness (QED) is 0.430. The Kier molecular flexibility index (Phi) is 11.1. The molecule has 0 amide bonds. The number of hydrogen-bond acceptors (Lipinski definition) is 2. The van der Waals surface area contributed by atoms with Gasteiger partial charge in [-0.3, -0.25) is 0 Å². The molecule has 100 valence electrons. The molecular formula is C14H26O3. The van der Waals surface area contributed by atoms with Gasteiger partial charge in [-0.05, 0) is 26.2 Å². The number of hydrogen-bond donors (Lipinski definition) is 2. The summed E-state index contributed by atoms with van der Waals surface area (Å²) in [6, 6.07) is 0. The molecule has 0 fully saturated rings. The molecule has 0 aromatic heterocycles. The summed E-state index contributed by atoms with van der Waals surface area (Å²) < 4.78 is 0. The van der Waals surface area contributed by atoms with Crippen LogP contribution in [0.25, 0.3) is 0 Å². The molecule has 0 aliphatic heterocycles. The molecule has 0 aliphatic carbocycles. The topological polar surface area (TPSA) is 57.5 Å². The Morgan fingerprint density at radius 3 is 2.12 bits per heavy atom. The molecule has 0 bridgehead atoms. The van der Waals surface area contributed by atoms with Crippen LogP contribution in [-0.4, -0.2) is 22.3 Å². The van der Waals surface area contributed by atoms with Crippen molar-refractivity contribution in [2.24, 2.45) is 0 Å². The predicted octanol–water partition coefficient (Wildman–Crippen LogP) is 3.52. The van der Waals surface area contributed by atoms with E-state index < -0.39 is 5.97 Å². The van der Waals surface area contributed by atoms with Crippen LogP contribution in [0.1, 0.15) is 64.7 Å². The third kappa shape index (κ3) is 15.2. The Labute approximate surface area is 105 Å². The molecule has 0 saturated heterocycles. The number of unbranched alkanes of at least 4 members (excludes halogenated alkanes) is 7. The van der Waals surface area contributed by atoms with Gasteiger partial charge in [0.2, 0.25) is 0 Å². The van der Waals surface area contributed by atoms with Crippen molar-refractivity contribution in [1.82, 2.24) is 0 Å². The summed E-state index contributed by atoms with van der Waals surface area (Å²) in [5.74, 6) is -0.858. The van der Waals surface area contributed by atoms with Crippen LogP contribution < -0.4 is 0 Å². The molecule has 0 saturated carbocycles. The Morgan fingerprint density at radius 1 is 1.06 bits per heavy atom. The lowest BCUT2D eigenvalue weighted by molar-refractivity contribution is -0.131. The highest BCUT2D eigenvalue weighted by atomic mass is 16.4. The first kappa shape index (κ1) is 16.2. The normalized spacial score (nSPS) is 13.1. The number of aliphatic carboxylic acids is 1. The fraction of sp³-hybridized carbons (Fsp3) is 0.786. The molecule has 0 heterocycles. The fourth-order valence-electron chi connectivity index (χ4n) is 1.77. The van der Waals surface area contributed by atoms with E-state index in [9.17, 15) is 4.79 Å². The minimum atomic E-state index is -0.858. The lowest BCUT2D eigenvalue weighted by atomic mass is 10.1. The van der Waals surface area contributed by atoms with E-state index in [1.54, 1.807) is 6.08 Å². The highest BCUT2D eigenvalue weighted by Crippen LogP contribution is 2.10. The molecule has 1 atom stereocenters. The van der Waals surface area contributed by atoms with Gasteiger partial charge in [0.15, 0.2) is 0 Å². The van der Waals surface area contributed by atoms with Gasteiger partial charge >= 0.3 is 5.97 Å². The first-order valence-corrected chi connectivity index (χ1v) is 6.70. The SMILES string of the molecule is C[C@@H](O)CCCCCCCCC/C=C/C(=O)O. The second-order valence-electron chi connectivity index (χ2n) is 4.64. The zero-order chi connectivity index (χ0) is 12.9. The van der Waals surface area contributed by atoms with E-state index in [0.717, 1.165) is 25.7 Å². The third-order valence-corrected chi connectivity index (χ3v) is 2.75. The summed E-state index contributed by atoms with van der Waals surface area (Å²) in [5, 5.41) is 17.4. The lowest BCUT2D eigenvalue weighted by Gasteiger charge is -2.03. The van der Waals surface area contributed by atoms with E-state index in [4.69, 9.17) is 10.2 Å². The fourth-order valence-corrected chi connectivity index (χ4v) is 1.77. The van der Waals surface area contributed by atoms with E-state index in [-0.39, 0.29) is 6.10 Å². The van der Waals surface area contributed by atoms with E-state index in [1.165, 1.54) is 38.2 Å². The number of rotatable bonds is 11. The van der Waals surface area contributed by atoms with Crippen LogP contribution in [0.15, 0.2) is 12.2 Å². The van der Waals surface area contributed by atoms with Gasteiger partial charge in [-0.2, -0.15) is 0 Å². The molecule has 17 heavy (non-hydrogen) atoms. The number of allylic oxidation sites excluding steroid dienone is 1. The van der Waals surface area contributed by atoms with Gasteiger partial charge < -0.3 is 10.2 Å². The molecule has 3 nitrogen and oxygen atoms in total. The van der Waals surface area contributed by atoms with Gasteiger partial charge in [-0.1, -0.05) is 44.6 Å². The molecule has 0 aliphatic rings. The van der Waals surface area contributed by atoms with Crippen molar-refractivity contribution in [1.29, 1.82) is 0 Å². The summed E-state index contributed by atoms with van der Waals surface area (Å²) in [4.78, 5) is 10.2. The highest BCUT2D eigenvalue weighted by Gasteiger charge is 1.95. The third-order valence-electron chi connectivity index (χ3n) is 2.75. The number of carboxylic acid groups (broad SMARTS) is 1. The maximum atomic E-state index is 10.2. The van der Waals surface area contributed by atoms with Crippen LogP contribution in [0.5, 0.6) is 0 Å². The maximum absolute atomic E-state index is 10.2. The van der Waals surface area contributed by atoms with Crippen molar-refractivity contribution in [3.63, 3.8) is 0 Å². The van der Waals surface area contributed by atoms with Crippen LogP contribution in [0.2, 0.25) is 0 Å². The van der Waals surface area contributed by atoms with Crippen molar-refractivity contribution in [3.8, 4) is 0 Å². The van der Waals surface area contributed by atoms with Crippen LogP contribution in [0, 0.1) is 0 Å². The van der Waals surface area contributed by atoms with Crippen molar-refractivity contribution < 1.29 is 15.0 Å². The number of aliphatic hydroxyl groups is 1. The van der Waals surface area contributed by atoms with Crippen molar-refractivity contribution in [3.05, 3.63) is 12.2 Å². The predicted molar refractivity (Wildman–Crippen MR) is 70.0 cm³/mol. The van der Waals surface area contributed by atoms with Crippen molar-refractivity contribution in [2.45, 2.75) is 70.8 Å². The molecule has 0 spiro atoms. The van der Waals surface area contributed by atoms with Crippen LogP contribution in [-0.2, 0) is 4.79 Å². The van der Waals surface area contributed by atoms with Gasteiger partial charge in [-0.15, -0.1) is 0 Å². The summed E-state index contributed by atoms with van der Waals surface area (Å²) in [5.41, 5.74) is 0. The second-order valence-corrected chi connectivity index (χ2v) is 4.64.